The van der Waals surface area contributed by atoms with Crippen LogP contribution in [0, 0.1) is 21.4 Å². The van der Waals surface area contributed by atoms with Crippen LogP contribution in [0.25, 0.3) is 6.08 Å². The van der Waals surface area contributed by atoms with Crippen molar-refractivity contribution >= 4 is 55.2 Å². The minimum Gasteiger partial charge on any atom is -0.448 e. The third-order valence-corrected chi connectivity index (χ3v) is 5.89. The number of carbonyl (C=O) groups excluding carboxylic acids is 1. The molecule has 7 nitrogen and oxygen atoms in total. The molecule has 0 aliphatic rings. The number of rotatable bonds is 6. The van der Waals surface area contributed by atoms with Crippen molar-refractivity contribution < 1.29 is 40.8 Å². The lowest BCUT2D eigenvalue weighted by Crippen LogP contribution is -2.14. The van der Waals surface area contributed by atoms with Gasteiger partial charge in [0.15, 0.2) is 0 Å². The zero-order valence-electron chi connectivity index (χ0n) is 18.8. The highest BCUT2D eigenvalue weighted by Crippen LogP contribution is 2.42. The molecule has 0 spiro atoms. The summed E-state index contributed by atoms with van der Waals surface area (Å²) in [5.41, 5.74) is -4.19. The van der Waals surface area contributed by atoms with Crippen LogP contribution in [0.5, 0.6) is 11.5 Å². The highest BCUT2D eigenvalue weighted by Gasteiger charge is 2.34. The molecule has 0 bridgehead atoms. The van der Waals surface area contributed by atoms with Crippen LogP contribution in [0.15, 0.2) is 69.1 Å². The summed E-state index contributed by atoms with van der Waals surface area (Å²) in [6.07, 6.45) is -8.54. The minimum absolute atomic E-state index is 0.0267. The van der Waals surface area contributed by atoms with E-state index in [1.807, 2.05) is 0 Å². The second-order valence-corrected chi connectivity index (χ2v) is 9.32. The minimum atomic E-state index is -4.86. The quantitative estimate of drug-likeness (QED) is 0.0926. The first kappa shape index (κ1) is 29.7. The molecule has 15 heteroatoms. The topological polar surface area (TPSA) is 105 Å². The van der Waals surface area contributed by atoms with E-state index in [9.17, 15) is 46.5 Å². The Bertz CT molecular complexity index is 1530. The summed E-state index contributed by atoms with van der Waals surface area (Å²) in [5, 5.41) is 23.2. The normalized spacial score (nSPS) is 12.0. The molecule has 1 amide bonds. The molecule has 0 aliphatic carbocycles. The number of nitriles is 1. The lowest BCUT2D eigenvalue weighted by Gasteiger charge is -2.14. The molecule has 3 aromatic rings. The number of halogens is 8. The molecule has 0 fully saturated rings. The van der Waals surface area contributed by atoms with Crippen LogP contribution in [0.3, 0.4) is 0 Å². The van der Waals surface area contributed by atoms with Crippen molar-refractivity contribution in [1.82, 2.24) is 0 Å². The summed E-state index contributed by atoms with van der Waals surface area (Å²) in [7, 11) is 0. The number of carbonyl (C=O) groups is 1. The van der Waals surface area contributed by atoms with Gasteiger partial charge >= 0.3 is 18.0 Å². The van der Waals surface area contributed by atoms with E-state index in [0.29, 0.717) is 22.7 Å². The maximum Gasteiger partial charge on any atom is 0.416 e. The van der Waals surface area contributed by atoms with Crippen molar-refractivity contribution in [3.05, 3.63) is 95.9 Å². The Labute approximate surface area is 232 Å². The molecule has 3 rings (SSSR count). The Morgan fingerprint density at radius 2 is 1.64 bits per heavy atom. The molecule has 39 heavy (non-hydrogen) atoms. The Kier molecular flexibility index (Phi) is 8.71. The molecule has 0 saturated heterocycles. The standard InChI is InChI=1S/C24H11Br2F6N3O4/c25-16-7-12(6-13(11-33)22(36)34-17-3-1-2-14(8-17)23(27,28)29)21(18(26)10-16)39-20-5-4-15(24(30,31)32)9-19(20)35(37)38/h1-10H,(H,34,36)/b13-6+. The molecule has 0 radical (unpaired) electrons. The maximum absolute atomic E-state index is 13.0. The molecule has 0 saturated carbocycles. The van der Waals surface area contributed by atoms with Gasteiger partial charge in [-0.25, -0.2) is 0 Å². The van der Waals surface area contributed by atoms with Gasteiger partial charge in [-0.2, -0.15) is 31.6 Å². The Morgan fingerprint density at radius 1 is 1.00 bits per heavy atom. The summed E-state index contributed by atoms with van der Waals surface area (Å²) in [5.74, 6) is -1.86. The number of alkyl halides is 6. The van der Waals surface area contributed by atoms with Crippen LogP contribution in [0.1, 0.15) is 16.7 Å². The molecule has 0 heterocycles. The van der Waals surface area contributed by atoms with Crippen LogP contribution in [-0.2, 0) is 17.1 Å². The molecule has 202 valence electrons. The molecule has 1 N–H and O–H groups in total. The number of hydrogen-bond donors (Lipinski definition) is 1. The number of amides is 1. The number of nitro benzene ring substituents is 1. The fourth-order valence-corrected chi connectivity index (χ4v) is 4.44. The van der Waals surface area contributed by atoms with E-state index in [4.69, 9.17) is 4.74 Å². The van der Waals surface area contributed by atoms with Crippen molar-refractivity contribution in [2.45, 2.75) is 12.4 Å². The van der Waals surface area contributed by atoms with Crippen molar-refractivity contribution in [3.8, 4) is 17.6 Å². The van der Waals surface area contributed by atoms with Crippen LogP contribution in [-0.4, -0.2) is 10.8 Å². The van der Waals surface area contributed by atoms with Crippen LogP contribution in [0.2, 0.25) is 0 Å². The molecule has 0 atom stereocenters. The van der Waals surface area contributed by atoms with Gasteiger partial charge in [0, 0.05) is 21.8 Å². The van der Waals surface area contributed by atoms with Crippen molar-refractivity contribution in [1.29, 1.82) is 5.26 Å². The predicted octanol–water partition coefficient (Wildman–Crippen LogP) is 8.50. The SMILES string of the molecule is N#C/C(=C\c1cc(Br)cc(Br)c1Oc1ccc(C(F)(F)F)cc1[N+](=O)[O-])C(=O)Nc1cccc(C(F)(F)F)c1. The van der Waals surface area contributed by atoms with Crippen molar-refractivity contribution in [2.24, 2.45) is 0 Å². The van der Waals surface area contributed by atoms with Gasteiger partial charge in [0.1, 0.15) is 17.4 Å². The summed E-state index contributed by atoms with van der Waals surface area (Å²) in [4.78, 5) is 23.1. The lowest BCUT2D eigenvalue weighted by atomic mass is 10.1. The van der Waals surface area contributed by atoms with Crippen molar-refractivity contribution in [3.63, 3.8) is 0 Å². The third kappa shape index (κ3) is 7.36. The summed E-state index contributed by atoms with van der Waals surface area (Å²) < 4.78 is 84.2. The second-order valence-electron chi connectivity index (χ2n) is 7.55. The molecular weight excluding hydrogens is 668 g/mol. The molecular formula is C24H11Br2F6N3O4. The first-order valence-corrected chi connectivity index (χ1v) is 11.8. The smallest absolute Gasteiger partial charge is 0.416 e. The van der Waals surface area contributed by atoms with Gasteiger partial charge in [-0.3, -0.25) is 14.9 Å². The Balaban J connectivity index is 2.03. The van der Waals surface area contributed by atoms with Gasteiger partial charge in [0.25, 0.3) is 5.91 Å². The first-order valence-electron chi connectivity index (χ1n) is 10.2. The zero-order chi connectivity index (χ0) is 29.1. The van der Waals surface area contributed by atoms with Crippen molar-refractivity contribution in [2.75, 3.05) is 5.32 Å². The fourth-order valence-electron chi connectivity index (χ4n) is 3.10. The van der Waals surface area contributed by atoms with E-state index in [2.05, 4.69) is 37.2 Å². The Morgan fingerprint density at radius 3 is 2.23 bits per heavy atom. The molecule has 0 aromatic heterocycles. The van der Waals surface area contributed by atoms with Crippen LogP contribution in [0.4, 0.5) is 37.7 Å². The maximum atomic E-state index is 13.0. The summed E-state index contributed by atoms with van der Waals surface area (Å²) in [6, 6.07) is 9.68. The third-order valence-electron chi connectivity index (χ3n) is 4.84. The average Bonchev–Trinajstić information content (AvgIpc) is 2.83. The van der Waals surface area contributed by atoms with Gasteiger partial charge in [-0.05, 0) is 64.5 Å². The summed E-state index contributed by atoms with van der Waals surface area (Å²) >= 11 is 6.36. The van der Waals surface area contributed by atoms with E-state index < -0.39 is 51.3 Å². The van der Waals surface area contributed by atoms with Gasteiger partial charge < -0.3 is 10.1 Å². The van der Waals surface area contributed by atoms with E-state index in [-0.39, 0.29) is 21.5 Å². The van der Waals surface area contributed by atoms with Gasteiger partial charge in [0.2, 0.25) is 5.75 Å². The van der Waals surface area contributed by atoms with E-state index >= 15 is 0 Å². The number of nitro groups is 1. The zero-order valence-corrected chi connectivity index (χ0v) is 22.0. The number of anilines is 1. The van der Waals surface area contributed by atoms with E-state index in [1.165, 1.54) is 18.2 Å². The monoisotopic (exact) mass is 677 g/mol. The second kappa shape index (κ2) is 11.5. The average molecular weight is 679 g/mol. The first-order chi connectivity index (χ1) is 18.1. The number of nitrogens with one attached hydrogen (secondary N) is 1. The largest absolute Gasteiger partial charge is 0.448 e. The molecule has 3 aromatic carbocycles. The number of nitrogens with zero attached hydrogens (tertiary/aromatic N) is 2. The van der Waals surface area contributed by atoms with Gasteiger partial charge in [0.05, 0.1) is 20.5 Å². The Hall–Kier alpha value is -3.90. The number of benzene rings is 3. The number of hydrogen-bond acceptors (Lipinski definition) is 5. The highest BCUT2D eigenvalue weighted by molar-refractivity contribution is 9.11. The van der Waals surface area contributed by atoms with E-state index in [1.54, 1.807) is 6.07 Å². The van der Waals surface area contributed by atoms with Gasteiger partial charge in [-0.1, -0.05) is 22.0 Å². The van der Waals surface area contributed by atoms with Crippen LogP contribution >= 0.6 is 31.9 Å². The highest BCUT2D eigenvalue weighted by atomic mass is 79.9. The lowest BCUT2D eigenvalue weighted by molar-refractivity contribution is -0.385. The van der Waals surface area contributed by atoms with Gasteiger partial charge in [-0.15, -0.1) is 0 Å². The predicted molar refractivity (Wildman–Crippen MR) is 134 cm³/mol. The fraction of sp³-hybridized carbons (Fsp3) is 0.0833. The summed E-state index contributed by atoms with van der Waals surface area (Å²) in [6.45, 7) is 0. The van der Waals surface area contributed by atoms with Crippen LogP contribution < -0.4 is 10.1 Å². The number of ether oxygens (including phenoxy) is 1. The van der Waals surface area contributed by atoms with E-state index in [0.717, 1.165) is 24.3 Å². The molecule has 0 aliphatic heterocycles. The molecule has 0 unspecified atom stereocenters.